The summed E-state index contributed by atoms with van der Waals surface area (Å²) in [4.78, 5) is 0. The molecule has 1 aliphatic carbocycles. The molecule has 2 aliphatic rings. The Kier molecular flexibility index (Phi) is 1.92. The van der Waals surface area contributed by atoms with Crippen molar-refractivity contribution in [3.8, 4) is 0 Å². The number of hydrogen-bond donors (Lipinski definition) is 0. The first-order chi connectivity index (χ1) is 5.86. The summed E-state index contributed by atoms with van der Waals surface area (Å²) in [6, 6.07) is 0. The molecule has 0 amide bonds. The minimum absolute atomic E-state index is 0.106. The molecule has 1 saturated carbocycles. The molecule has 13 heavy (non-hydrogen) atoms. The predicted molar refractivity (Wildman–Crippen MR) is 56.8 cm³/mol. The maximum absolute atomic E-state index is 11.4. The van der Waals surface area contributed by atoms with Crippen LogP contribution in [0.4, 0.5) is 0 Å². The van der Waals surface area contributed by atoms with Crippen LogP contribution in [0.2, 0.25) is 0 Å². The zero-order valence-corrected chi connectivity index (χ0v) is 10.4. The molecule has 0 bridgehead atoms. The quantitative estimate of drug-likeness (QED) is 0.679. The number of halogens is 1. The van der Waals surface area contributed by atoms with E-state index in [4.69, 9.17) is 0 Å². The molecule has 2 rings (SSSR count). The molecule has 0 radical (unpaired) electrons. The standard InChI is InChI=1S/C9H15BrO2S/c1-8(2)7(5-10)9(8)3-4-13(11,12)6-9/h7H,3-6H2,1-2H3. The molecule has 0 aromatic rings. The second-order valence-electron chi connectivity index (χ2n) is 4.93. The summed E-state index contributed by atoms with van der Waals surface area (Å²) < 4.78 is 22.8. The highest BCUT2D eigenvalue weighted by Crippen LogP contribution is 2.73. The van der Waals surface area contributed by atoms with E-state index in [0.29, 0.717) is 17.4 Å². The average Bonchev–Trinajstić information content (AvgIpc) is 2.31. The van der Waals surface area contributed by atoms with Crippen LogP contribution in [0.25, 0.3) is 0 Å². The third-order valence-corrected chi connectivity index (χ3v) is 6.66. The van der Waals surface area contributed by atoms with Gasteiger partial charge in [-0.25, -0.2) is 8.42 Å². The molecule has 0 N–H and O–H groups in total. The lowest BCUT2D eigenvalue weighted by molar-refractivity contribution is 0.427. The molecule has 2 nitrogen and oxygen atoms in total. The van der Waals surface area contributed by atoms with Gasteiger partial charge in [-0.2, -0.15) is 0 Å². The summed E-state index contributed by atoms with van der Waals surface area (Å²) >= 11 is 3.48. The van der Waals surface area contributed by atoms with Crippen molar-refractivity contribution in [2.24, 2.45) is 16.7 Å². The third-order valence-electron chi connectivity index (χ3n) is 4.23. The van der Waals surface area contributed by atoms with Crippen LogP contribution in [0.3, 0.4) is 0 Å². The van der Waals surface area contributed by atoms with Gasteiger partial charge in [-0.15, -0.1) is 0 Å². The zero-order chi connectivity index (χ0) is 9.91. The molecular weight excluding hydrogens is 252 g/mol. The van der Waals surface area contributed by atoms with Crippen LogP contribution in [0.15, 0.2) is 0 Å². The maximum atomic E-state index is 11.4. The minimum atomic E-state index is -2.73. The van der Waals surface area contributed by atoms with Gasteiger partial charge in [-0.05, 0) is 23.2 Å². The van der Waals surface area contributed by atoms with Gasteiger partial charge in [0.2, 0.25) is 0 Å². The van der Waals surface area contributed by atoms with E-state index in [-0.39, 0.29) is 10.8 Å². The first-order valence-corrected chi connectivity index (χ1v) is 7.56. The van der Waals surface area contributed by atoms with Crippen molar-refractivity contribution in [1.82, 2.24) is 0 Å². The number of alkyl halides is 1. The van der Waals surface area contributed by atoms with E-state index in [2.05, 4.69) is 29.8 Å². The van der Waals surface area contributed by atoms with Crippen molar-refractivity contribution in [1.29, 1.82) is 0 Å². The third kappa shape index (κ3) is 1.14. The SMILES string of the molecule is CC1(C)C(CBr)C12CCS(=O)(=O)C2. The van der Waals surface area contributed by atoms with Crippen molar-refractivity contribution in [3.05, 3.63) is 0 Å². The van der Waals surface area contributed by atoms with E-state index in [0.717, 1.165) is 11.8 Å². The Bertz CT molecular complexity index is 334. The van der Waals surface area contributed by atoms with Crippen molar-refractivity contribution in [2.75, 3.05) is 16.8 Å². The van der Waals surface area contributed by atoms with Crippen LogP contribution in [0.5, 0.6) is 0 Å². The van der Waals surface area contributed by atoms with Gasteiger partial charge in [-0.3, -0.25) is 0 Å². The van der Waals surface area contributed by atoms with Gasteiger partial charge in [-0.1, -0.05) is 29.8 Å². The predicted octanol–water partition coefficient (Wildman–Crippen LogP) is 1.84. The fraction of sp³-hybridized carbons (Fsp3) is 1.00. The largest absolute Gasteiger partial charge is 0.229 e. The molecule has 4 heteroatoms. The Morgan fingerprint density at radius 1 is 1.46 bits per heavy atom. The van der Waals surface area contributed by atoms with Gasteiger partial charge in [0.25, 0.3) is 0 Å². The average molecular weight is 267 g/mol. The van der Waals surface area contributed by atoms with Gasteiger partial charge in [0.05, 0.1) is 11.5 Å². The normalized spacial score (nSPS) is 45.3. The van der Waals surface area contributed by atoms with Gasteiger partial charge in [0.15, 0.2) is 9.84 Å². The highest BCUT2D eigenvalue weighted by molar-refractivity contribution is 9.09. The Balaban J connectivity index is 2.28. The van der Waals surface area contributed by atoms with E-state index < -0.39 is 9.84 Å². The summed E-state index contributed by atoms with van der Waals surface area (Å²) in [7, 11) is -2.73. The topological polar surface area (TPSA) is 34.1 Å². The molecule has 0 aromatic heterocycles. The molecule has 2 unspecified atom stereocenters. The lowest BCUT2D eigenvalue weighted by Gasteiger charge is -2.09. The van der Waals surface area contributed by atoms with E-state index >= 15 is 0 Å². The highest BCUT2D eigenvalue weighted by atomic mass is 79.9. The number of hydrogen-bond acceptors (Lipinski definition) is 2. The van der Waals surface area contributed by atoms with Gasteiger partial charge in [0.1, 0.15) is 0 Å². The smallest absolute Gasteiger partial charge is 0.150 e. The zero-order valence-electron chi connectivity index (χ0n) is 8.01. The first-order valence-electron chi connectivity index (χ1n) is 4.62. The van der Waals surface area contributed by atoms with E-state index in [1.807, 2.05) is 0 Å². The van der Waals surface area contributed by atoms with Gasteiger partial charge in [0, 0.05) is 5.33 Å². The molecule has 0 aromatic carbocycles. The fourth-order valence-corrected chi connectivity index (χ4v) is 6.81. The molecule has 1 aliphatic heterocycles. The highest BCUT2D eigenvalue weighted by Gasteiger charge is 2.72. The Morgan fingerprint density at radius 3 is 2.38 bits per heavy atom. The summed E-state index contributed by atoms with van der Waals surface area (Å²) in [5.41, 5.74) is 0.329. The summed E-state index contributed by atoms with van der Waals surface area (Å²) in [5.74, 6) is 1.38. The molecule has 1 saturated heterocycles. The Morgan fingerprint density at radius 2 is 2.08 bits per heavy atom. The van der Waals surface area contributed by atoms with Crippen LogP contribution >= 0.6 is 15.9 Å². The monoisotopic (exact) mass is 266 g/mol. The van der Waals surface area contributed by atoms with Crippen LogP contribution in [0.1, 0.15) is 20.3 Å². The molecule has 2 atom stereocenters. The van der Waals surface area contributed by atoms with E-state index in [1.165, 1.54) is 0 Å². The molecule has 2 fully saturated rings. The second-order valence-corrected chi connectivity index (χ2v) is 7.76. The molecule has 1 spiro atoms. The molecule has 1 heterocycles. The Labute approximate surface area is 88.1 Å². The lowest BCUT2D eigenvalue weighted by Crippen LogP contribution is -2.11. The Hall–Kier alpha value is 0.430. The van der Waals surface area contributed by atoms with Crippen LogP contribution in [-0.2, 0) is 9.84 Å². The van der Waals surface area contributed by atoms with Crippen LogP contribution < -0.4 is 0 Å². The fourth-order valence-electron chi connectivity index (χ4n) is 3.06. The minimum Gasteiger partial charge on any atom is -0.229 e. The lowest BCUT2D eigenvalue weighted by atomic mass is 9.96. The van der Waals surface area contributed by atoms with Crippen LogP contribution in [0, 0.1) is 16.7 Å². The van der Waals surface area contributed by atoms with Crippen molar-refractivity contribution in [3.63, 3.8) is 0 Å². The van der Waals surface area contributed by atoms with Crippen molar-refractivity contribution in [2.45, 2.75) is 20.3 Å². The first kappa shape index (κ1) is 9.97. The van der Waals surface area contributed by atoms with Gasteiger partial charge >= 0.3 is 0 Å². The molecule has 76 valence electrons. The van der Waals surface area contributed by atoms with E-state index in [1.54, 1.807) is 0 Å². The number of rotatable bonds is 1. The summed E-state index contributed by atoms with van der Waals surface area (Å²) in [5, 5.41) is 0.940. The second kappa shape index (κ2) is 2.51. The van der Waals surface area contributed by atoms with Gasteiger partial charge < -0.3 is 0 Å². The summed E-state index contributed by atoms with van der Waals surface area (Å²) in [6.45, 7) is 4.39. The van der Waals surface area contributed by atoms with Crippen molar-refractivity contribution < 1.29 is 8.42 Å². The molecular formula is C9H15BrO2S. The van der Waals surface area contributed by atoms with Crippen LogP contribution in [-0.4, -0.2) is 25.3 Å². The van der Waals surface area contributed by atoms with E-state index in [9.17, 15) is 8.42 Å². The maximum Gasteiger partial charge on any atom is 0.150 e. The summed E-state index contributed by atoms with van der Waals surface area (Å²) in [6.07, 6.45) is 0.874. The number of sulfone groups is 1. The van der Waals surface area contributed by atoms with Crippen molar-refractivity contribution >= 4 is 25.8 Å².